The monoisotopic (exact) mass is 247 g/mol. The number of aromatic hydroxyl groups is 1. The van der Waals surface area contributed by atoms with Gasteiger partial charge in [-0.25, -0.2) is 0 Å². The molecule has 3 rings (SSSR count). The van der Waals surface area contributed by atoms with Crippen LogP contribution in [0.4, 0.5) is 0 Å². The van der Waals surface area contributed by atoms with E-state index >= 15 is 0 Å². The van der Waals surface area contributed by atoms with E-state index in [1.54, 1.807) is 6.07 Å². The van der Waals surface area contributed by atoms with Crippen molar-refractivity contribution in [3.63, 3.8) is 0 Å². The minimum Gasteiger partial charge on any atom is -0.508 e. The first kappa shape index (κ1) is 11.5. The van der Waals surface area contributed by atoms with Crippen LogP contribution in [0.3, 0.4) is 0 Å². The molecule has 1 aromatic rings. The molecule has 4 nitrogen and oxygen atoms in total. The summed E-state index contributed by atoms with van der Waals surface area (Å²) >= 11 is 0. The number of fused-ring (bicyclic) bond motifs is 1. The highest BCUT2D eigenvalue weighted by Gasteiger charge is 2.33. The number of carbonyl (C=O) groups is 1. The fourth-order valence-corrected chi connectivity index (χ4v) is 3.22. The van der Waals surface area contributed by atoms with Crippen LogP contribution in [-0.4, -0.2) is 22.7 Å². The molecule has 18 heavy (non-hydrogen) atoms. The maximum atomic E-state index is 11.0. The number of phenolic OH excluding ortho intramolecular Hbond substituents is 1. The van der Waals surface area contributed by atoms with Crippen LogP contribution >= 0.6 is 0 Å². The van der Waals surface area contributed by atoms with Gasteiger partial charge in [0.25, 0.3) is 0 Å². The van der Waals surface area contributed by atoms with Gasteiger partial charge in [-0.05, 0) is 42.9 Å². The average Bonchev–Trinajstić information content (AvgIpc) is 2.95. The van der Waals surface area contributed by atoms with Gasteiger partial charge in [-0.2, -0.15) is 0 Å². The standard InChI is InChI=1S/C14H17NO3/c16-12-5-4-8-2-1-3-10(8)13(12)11-6-9(7-15-11)14(17)18/h4-5,9,11,15-16H,1-3,6-7H2,(H,17,18). The average molecular weight is 247 g/mol. The highest BCUT2D eigenvalue weighted by molar-refractivity contribution is 5.71. The first-order valence-corrected chi connectivity index (χ1v) is 6.46. The van der Waals surface area contributed by atoms with E-state index in [1.807, 2.05) is 6.07 Å². The van der Waals surface area contributed by atoms with E-state index in [-0.39, 0.29) is 12.0 Å². The third kappa shape index (κ3) is 1.77. The van der Waals surface area contributed by atoms with E-state index in [2.05, 4.69) is 5.32 Å². The van der Waals surface area contributed by atoms with Gasteiger partial charge < -0.3 is 15.5 Å². The number of nitrogens with one attached hydrogen (secondary N) is 1. The molecule has 0 bridgehead atoms. The van der Waals surface area contributed by atoms with Crippen LogP contribution in [0.5, 0.6) is 5.75 Å². The minimum atomic E-state index is -0.753. The quantitative estimate of drug-likeness (QED) is 0.742. The number of hydrogen-bond donors (Lipinski definition) is 3. The zero-order valence-electron chi connectivity index (χ0n) is 10.1. The summed E-state index contributed by atoms with van der Waals surface area (Å²) in [5, 5.41) is 22.3. The molecule has 1 aliphatic heterocycles. The summed E-state index contributed by atoms with van der Waals surface area (Å²) in [6.45, 7) is 0.489. The predicted molar refractivity (Wildman–Crippen MR) is 66.6 cm³/mol. The Morgan fingerprint density at radius 1 is 1.33 bits per heavy atom. The Morgan fingerprint density at radius 3 is 2.89 bits per heavy atom. The fourth-order valence-electron chi connectivity index (χ4n) is 3.22. The van der Waals surface area contributed by atoms with Gasteiger partial charge in [0.2, 0.25) is 0 Å². The topological polar surface area (TPSA) is 69.6 Å². The normalized spacial score (nSPS) is 26.2. The number of phenols is 1. The van der Waals surface area contributed by atoms with Crippen LogP contribution in [0.25, 0.3) is 0 Å². The van der Waals surface area contributed by atoms with E-state index in [0.717, 1.165) is 24.8 Å². The lowest BCUT2D eigenvalue weighted by atomic mass is 9.93. The van der Waals surface area contributed by atoms with E-state index in [1.165, 1.54) is 11.1 Å². The highest BCUT2D eigenvalue weighted by atomic mass is 16.4. The van der Waals surface area contributed by atoms with Gasteiger partial charge in [0, 0.05) is 18.2 Å². The second-order valence-electron chi connectivity index (χ2n) is 5.22. The molecule has 0 amide bonds. The van der Waals surface area contributed by atoms with Crippen LogP contribution in [0.2, 0.25) is 0 Å². The van der Waals surface area contributed by atoms with Gasteiger partial charge in [0.1, 0.15) is 5.75 Å². The molecule has 3 N–H and O–H groups in total. The minimum absolute atomic E-state index is 0.0147. The Labute approximate surface area is 106 Å². The molecule has 1 fully saturated rings. The Morgan fingerprint density at radius 2 is 2.17 bits per heavy atom. The molecule has 0 saturated carbocycles. The summed E-state index contributed by atoms with van der Waals surface area (Å²) in [5.41, 5.74) is 3.48. The first-order chi connectivity index (χ1) is 8.66. The number of hydrogen-bond acceptors (Lipinski definition) is 3. The summed E-state index contributed by atoms with van der Waals surface area (Å²) in [6.07, 6.45) is 3.76. The van der Waals surface area contributed by atoms with Crippen LogP contribution < -0.4 is 5.32 Å². The second-order valence-corrected chi connectivity index (χ2v) is 5.22. The van der Waals surface area contributed by atoms with Gasteiger partial charge in [-0.1, -0.05) is 6.07 Å². The molecule has 1 aliphatic carbocycles. The second kappa shape index (κ2) is 4.28. The number of aryl methyl sites for hydroxylation is 1. The van der Waals surface area contributed by atoms with E-state index in [4.69, 9.17) is 5.11 Å². The smallest absolute Gasteiger partial charge is 0.307 e. The molecule has 1 heterocycles. The number of aliphatic carboxylic acids is 1. The van der Waals surface area contributed by atoms with Gasteiger partial charge in [0.05, 0.1) is 5.92 Å². The van der Waals surface area contributed by atoms with E-state index in [9.17, 15) is 9.90 Å². The van der Waals surface area contributed by atoms with Crippen LogP contribution in [0, 0.1) is 5.92 Å². The molecular formula is C14H17NO3. The van der Waals surface area contributed by atoms with Crippen molar-refractivity contribution >= 4 is 5.97 Å². The predicted octanol–water partition coefficient (Wildman–Crippen LogP) is 1.62. The lowest BCUT2D eigenvalue weighted by Crippen LogP contribution is -2.17. The Hall–Kier alpha value is -1.55. The molecule has 0 aromatic heterocycles. The molecule has 1 saturated heterocycles. The summed E-state index contributed by atoms with van der Waals surface area (Å²) in [5.74, 6) is -0.789. The molecule has 2 atom stereocenters. The van der Waals surface area contributed by atoms with E-state index < -0.39 is 5.97 Å². The Kier molecular flexibility index (Phi) is 2.74. The van der Waals surface area contributed by atoms with Crippen molar-refractivity contribution in [2.24, 2.45) is 5.92 Å². The maximum Gasteiger partial charge on any atom is 0.307 e. The summed E-state index contributed by atoms with van der Waals surface area (Å²) < 4.78 is 0. The van der Waals surface area contributed by atoms with Crippen LogP contribution in [-0.2, 0) is 17.6 Å². The van der Waals surface area contributed by atoms with Crippen molar-refractivity contribution in [2.75, 3.05) is 6.54 Å². The maximum absolute atomic E-state index is 11.0. The summed E-state index contributed by atoms with van der Waals surface area (Å²) in [7, 11) is 0. The van der Waals surface area contributed by atoms with Crippen molar-refractivity contribution in [3.8, 4) is 5.75 Å². The zero-order chi connectivity index (χ0) is 12.7. The first-order valence-electron chi connectivity index (χ1n) is 6.46. The molecule has 2 aliphatic rings. The molecule has 96 valence electrons. The largest absolute Gasteiger partial charge is 0.508 e. The third-order valence-corrected chi connectivity index (χ3v) is 4.13. The lowest BCUT2D eigenvalue weighted by molar-refractivity contribution is -0.141. The number of benzene rings is 1. The molecule has 4 heteroatoms. The Bertz CT molecular complexity index is 498. The lowest BCUT2D eigenvalue weighted by Gasteiger charge is -2.17. The molecule has 0 radical (unpaired) electrons. The summed E-state index contributed by atoms with van der Waals surface area (Å²) in [6, 6.07) is 3.72. The van der Waals surface area contributed by atoms with Gasteiger partial charge in [0.15, 0.2) is 0 Å². The van der Waals surface area contributed by atoms with Gasteiger partial charge in [-0.3, -0.25) is 4.79 Å². The van der Waals surface area contributed by atoms with Crippen LogP contribution in [0.1, 0.15) is 35.6 Å². The molecule has 2 unspecified atom stereocenters. The van der Waals surface area contributed by atoms with Gasteiger partial charge >= 0.3 is 5.97 Å². The molecule has 0 spiro atoms. The Balaban J connectivity index is 1.94. The van der Waals surface area contributed by atoms with Crippen molar-refractivity contribution in [1.82, 2.24) is 5.32 Å². The zero-order valence-corrected chi connectivity index (χ0v) is 10.1. The number of carboxylic acids is 1. The van der Waals surface area contributed by atoms with Crippen molar-refractivity contribution < 1.29 is 15.0 Å². The van der Waals surface area contributed by atoms with Crippen molar-refractivity contribution in [3.05, 3.63) is 28.8 Å². The number of carboxylic acid groups (broad SMARTS) is 1. The third-order valence-electron chi connectivity index (χ3n) is 4.13. The molecule has 1 aromatic carbocycles. The van der Waals surface area contributed by atoms with Crippen molar-refractivity contribution in [2.45, 2.75) is 31.7 Å². The van der Waals surface area contributed by atoms with E-state index in [0.29, 0.717) is 18.7 Å². The van der Waals surface area contributed by atoms with Crippen molar-refractivity contribution in [1.29, 1.82) is 0 Å². The molecular weight excluding hydrogens is 230 g/mol. The fraction of sp³-hybridized carbons (Fsp3) is 0.500. The van der Waals surface area contributed by atoms with Crippen LogP contribution in [0.15, 0.2) is 12.1 Å². The number of rotatable bonds is 2. The summed E-state index contributed by atoms with van der Waals surface area (Å²) in [4.78, 5) is 11.0. The van der Waals surface area contributed by atoms with Gasteiger partial charge in [-0.15, -0.1) is 0 Å². The highest BCUT2D eigenvalue weighted by Crippen LogP contribution is 2.39. The SMILES string of the molecule is O=C(O)C1CNC(c2c(O)ccc3c2CCC3)C1.